The molecular weight excluding hydrogens is 1330 g/mol. The van der Waals surface area contributed by atoms with Crippen molar-refractivity contribution in [2.24, 2.45) is 0 Å². The fraction of sp³-hybridized carbons (Fsp3) is 0.200. The van der Waals surface area contributed by atoms with Crippen molar-refractivity contribution >= 4 is 101 Å². The van der Waals surface area contributed by atoms with E-state index in [2.05, 4.69) is 355 Å². The molecule has 4 nitrogen and oxygen atoms in total. The van der Waals surface area contributed by atoms with Gasteiger partial charge in [0.15, 0.2) is 0 Å². The zero-order valence-electron chi connectivity index (χ0n) is 73.5. The molecule has 0 saturated carbocycles. The number of para-hydroxylation sites is 3. The maximum atomic E-state index is 9.86. The Kier molecular flexibility index (Phi) is 12.8. The first-order chi connectivity index (χ1) is 56.1. The van der Waals surface area contributed by atoms with Crippen LogP contribution >= 0.6 is 0 Å². The van der Waals surface area contributed by atoms with E-state index in [9.17, 15) is 8.22 Å². The van der Waals surface area contributed by atoms with E-state index in [0.29, 0.717) is 5.69 Å². The van der Waals surface area contributed by atoms with E-state index in [1.54, 1.807) is 4.57 Å². The zero-order valence-corrected chi connectivity index (χ0v) is 65.5. The van der Waals surface area contributed by atoms with Crippen LogP contribution in [0.15, 0.2) is 291 Å². The molecule has 0 unspecified atom stereocenters. The van der Waals surface area contributed by atoms with Gasteiger partial charge in [-0.15, -0.1) is 0 Å². The topological polar surface area (TPSA) is 16.3 Å². The number of benzene rings is 14. The normalized spacial score (nSPS) is 15.2. The molecule has 4 heterocycles. The summed E-state index contributed by atoms with van der Waals surface area (Å²) < 4.78 is 79.9. The number of hydrogen-bond acceptors (Lipinski definition) is 2. The Morgan fingerprint density at radius 3 is 1.15 bits per heavy atom. The Bertz CT molecular complexity index is 6930. The van der Waals surface area contributed by atoms with Gasteiger partial charge in [-0.2, -0.15) is 0 Å². The molecule has 110 heavy (non-hydrogen) atoms. The van der Waals surface area contributed by atoms with Crippen molar-refractivity contribution in [2.75, 3.05) is 9.80 Å². The summed E-state index contributed by atoms with van der Waals surface area (Å²) in [6.45, 7) is 33.7. The number of fused-ring (bicyclic) bond motifs is 21. The van der Waals surface area contributed by atoms with E-state index < -0.39 is 41.7 Å². The predicted molar refractivity (Wildman–Crippen MR) is 470 cm³/mol. The number of aromatic nitrogens is 2. The van der Waals surface area contributed by atoms with Gasteiger partial charge in [-0.3, -0.25) is 0 Å². The fourth-order valence-electron chi connectivity index (χ4n) is 19.0. The van der Waals surface area contributed by atoms with Crippen molar-refractivity contribution < 1.29 is 11.0 Å². The molecule has 0 amide bonds. The van der Waals surface area contributed by atoms with Gasteiger partial charge in [-0.1, -0.05) is 310 Å². The van der Waals surface area contributed by atoms with Crippen molar-refractivity contribution in [3.63, 3.8) is 0 Å². The molecule has 536 valence electrons. The number of hydrogen-bond donors (Lipinski definition) is 0. The van der Waals surface area contributed by atoms with Gasteiger partial charge in [0.2, 0.25) is 0 Å². The second-order valence-corrected chi connectivity index (χ2v) is 36.3. The van der Waals surface area contributed by atoms with Gasteiger partial charge < -0.3 is 18.9 Å². The Hall–Kier alpha value is -11.7. The number of nitrogens with zero attached hydrogens (tertiary/aromatic N) is 4. The van der Waals surface area contributed by atoms with Gasteiger partial charge in [0.25, 0.3) is 6.71 Å². The van der Waals surface area contributed by atoms with Crippen LogP contribution in [0.25, 0.3) is 99.5 Å². The average Bonchev–Trinajstić information content (AvgIpc) is 1.47. The number of rotatable bonds is 6. The van der Waals surface area contributed by atoms with E-state index in [-0.39, 0.29) is 67.6 Å². The van der Waals surface area contributed by atoms with E-state index in [4.69, 9.17) is 2.74 Å². The minimum Gasteiger partial charge on any atom is -0.311 e. The Balaban J connectivity index is 0.930. The molecule has 4 aliphatic rings. The van der Waals surface area contributed by atoms with Crippen molar-refractivity contribution in [3.05, 3.63) is 341 Å². The van der Waals surface area contributed by atoms with Crippen LogP contribution in [0.2, 0.25) is 0 Å². The SMILES string of the molecule is [2H]c1c([2H])c([2H])c2c(c1[2H])c1c([2H])c([2H])c([2H])c([2H])c1n2-c1ccc2c(c1)N(c1ccc(C(C)(C)C)cc1-c1ccc(C(C)(C)C)cc1)c1cc(C(C)(C)C)cc3c1B2c1ccc(-n2c4ccccc4c4c5c(ccc42)-c2ccccc2C52c4ccccc4-c4ccccc42)cc1N3c1ccc(C(C)(C)C)cc1-c1ccc(C(C)(C)C)cc1. The van der Waals surface area contributed by atoms with Gasteiger partial charge in [-0.25, -0.2) is 0 Å². The van der Waals surface area contributed by atoms with Gasteiger partial charge in [0.1, 0.15) is 0 Å². The second kappa shape index (κ2) is 23.7. The fourth-order valence-corrected chi connectivity index (χ4v) is 19.0. The van der Waals surface area contributed by atoms with Crippen molar-refractivity contribution in [1.29, 1.82) is 0 Å². The molecule has 2 aliphatic carbocycles. The summed E-state index contributed by atoms with van der Waals surface area (Å²) in [5.74, 6) is 0. The molecule has 0 saturated heterocycles. The summed E-state index contributed by atoms with van der Waals surface area (Å²) in [7, 11) is 0. The lowest BCUT2D eigenvalue weighted by Gasteiger charge is -2.46. The lowest BCUT2D eigenvalue weighted by molar-refractivity contribution is 0.589. The van der Waals surface area contributed by atoms with Crippen LogP contribution in [-0.4, -0.2) is 15.8 Å². The quantitative estimate of drug-likeness (QED) is 0.154. The lowest BCUT2D eigenvalue weighted by Crippen LogP contribution is -2.61. The van der Waals surface area contributed by atoms with Crippen LogP contribution in [-0.2, 0) is 32.5 Å². The van der Waals surface area contributed by atoms with Crippen LogP contribution < -0.4 is 26.2 Å². The molecule has 14 aromatic carbocycles. The molecule has 20 rings (SSSR count). The largest absolute Gasteiger partial charge is 0.311 e. The van der Waals surface area contributed by atoms with Crippen molar-refractivity contribution in [3.8, 4) is 55.9 Å². The highest BCUT2D eigenvalue weighted by Gasteiger charge is 2.53. The van der Waals surface area contributed by atoms with Crippen molar-refractivity contribution in [2.45, 2.75) is 136 Å². The molecule has 0 bridgehead atoms. The van der Waals surface area contributed by atoms with E-state index >= 15 is 0 Å². The monoisotopic (exact) mass is 1430 g/mol. The molecule has 5 heteroatoms. The number of anilines is 6. The highest BCUT2D eigenvalue weighted by molar-refractivity contribution is 7.00. The van der Waals surface area contributed by atoms with Gasteiger partial charge >= 0.3 is 0 Å². The summed E-state index contributed by atoms with van der Waals surface area (Å²) in [4.78, 5) is 5.04. The minimum absolute atomic E-state index is 0.0229. The van der Waals surface area contributed by atoms with Crippen molar-refractivity contribution in [1.82, 2.24) is 9.13 Å². The van der Waals surface area contributed by atoms with E-state index in [1.807, 2.05) is 6.07 Å². The predicted octanol–water partition coefficient (Wildman–Crippen LogP) is 26.1. The Labute approximate surface area is 660 Å². The maximum absolute atomic E-state index is 9.86. The molecule has 16 aromatic rings. The smallest absolute Gasteiger partial charge is 0.252 e. The Morgan fingerprint density at radius 2 is 0.691 bits per heavy atom. The Morgan fingerprint density at radius 1 is 0.291 bits per heavy atom. The standard InChI is InChI=1S/C105H93BN4/c1-100(2,3)66-44-40-64(41-45-66)80-58-68(102(7,8)9)48-55-90(80)109-93-62-71(107-87-37-25-19-31-76(87)77-32-20-26-38-88(77)107)50-53-85(93)106-86-54-51-72(63-94(86)110(96-61-70(104(13,14)15)60-95(109)99(96)106)91-56-49-69(103(10,11)12)59-81(91)65-42-46-67(47-43-65)101(4,5)6)108-89-39-27-21-33-79(89)97-92(108)57-52-78-75-30-18-24-36-84(75)105(98(78)97)82-34-22-16-28-73(82)74-29-17-23-35-83(74)105/h16-63H,1-15H3/i19D,20D,25D,26D,31D,32D,37D,38D. The molecule has 2 aliphatic heterocycles. The maximum Gasteiger partial charge on any atom is 0.252 e. The molecule has 0 fully saturated rings. The summed E-state index contributed by atoms with van der Waals surface area (Å²) >= 11 is 0. The molecule has 2 aromatic heterocycles. The highest BCUT2D eigenvalue weighted by Crippen LogP contribution is 2.65. The summed E-state index contributed by atoms with van der Waals surface area (Å²) in [5, 5.41) is 2.41. The first-order valence-corrected chi connectivity index (χ1v) is 39.0. The molecular formula is C105H93BN4. The van der Waals surface area contributed by atoms with Crippen LogP contribution in [0.1, 0.15) is 165 Å². The van der Waals surface area contributed by atoms with Gasteiger partial charge in [0, 0.05) is 66.8 Å². The average molecular weight is 1430 g/mol. The molecule has 1 spiro atoms. The summed E-state index contributed by atoms with van der Waals surface area (Å²) in [6.07, 6.45) is 0. The third-order valence-corrected chi connectivity index (χ3v) is 24.6. The first-order valence-electron chi connectivity index (χ1n) is 43.0. The summed E-state index contributed by atoms with van der Waals surface area (Å²) in [6, 6.07) is 88.2. The van der Waals surface area contributed by atoms with Crippen LogP contribution in [0.3, 0.4) is 0 Å². The van der Waals surface area contributed by atoms with E-state index in [0.717, 1.165) is 106 Å². The van der Waals surface area contributed by atoms with Crippen LogP contribution in [0, 0.1) is 0 Å². The first kappa shape index (κ1) is 59.3. The van der Waals surface area contributed by atoms with Gasteiger partial charge in [0.05, 0.1) is 49.8 Å². The van der Waals surface area contributed by atoms with Crippen LogP contribution in [0.4, 0.5) is 34.1 Å². The van der Waals surface area contributed by atoms with Crippen LogP contribution in [0.5, 0.6) is 0 Å². The molecule has 0 radical (unpaired) electrons. The van der Waals surface area contributed by atoms with Gasteiger partial charge in [-0.05, 0) is 212 Å². The minimum atomic E-state index is -0.628. The molecule has 0 N–H and O–H groups in total. The highest BCUT2D eigenvalue weighted by atomic mass is 15.2. The summed E-state index contributed by atoms with van der Waals surface area (Å²) in [5.41, 5.74) is 30.9. The zero-order chi connectivity index (χ0) is 82.6. The lowest BCUT2D eigenvalue weighted by atomic mass is 9.33. The van der Waals surface area contributed by atoms with E-state index in [1.165, 1.54) is 66.6 Å². The molecule has 0 atom stereocenters. The third-order valence-electron chi connectivity index (χ3n) is 24.6. The second-order valence-electron chi connectivity index (χ2n) is 36.3. The third kappa shape index (κ3) is 9.91.